The highest BCUT2D eigenvalue weighted by Crippen LogP contribution is 2.35. The third kappa shape index (κ3) is 4.53. The van der Waals surface area contributed by atoms with E-state index in [0.717, 1.165) is 37.8 Å². The van der Waals surface area contributed by atoms with Crippen molar-refractivity contribution < 1.29 is 18.8 Å². The Morgan fingerprint density at radius 3 is 2.69 bits per heavy atom. The van der Waals surface area contributed by atoms with Gasteiger partial charge in [0.1, 0.15) is 5.39 Å². The normalized spacial score (nSPS) is 19.9. The lowest BCUT2D eigenvalue weighted by atomic mass is 10.0. The molecule has 0 aromatic carbocycles. The molecule has 0 radical (unpaired) electrons. The molecule has 2 aromatic rings. The van der Waals surface area contributed by atoms with Gasteiger partial charge in [-0.25, -0.2) is 9.59 Å². The van der Waals surface area contributed by atoms with Crippen molar-refractivity contribution in [3.05, 3.63) is 32.4 Å². The molecule has 0 saturated carbocycles. The van der Waals surface area contributed by atoms with Gasteiger partial charge >= 0.3 is 17.7 Å². The minimum Gasteiger partial charge on any atom is -0.450 e. The van der Waals surface area contributed by atoms with Gasteiger partial charge in [-0.15, -0.1) is 0 Å². The number of amides is 1. The predicted octanol–water partition coefficient (Wildman–Crippen LogP) is 3.13. The Balaban J connectivity index is 1.52. The Labute approximate surface area is 184 Å². The van der Waals surface area contributed by atoms with Crippen molar-refractivity contribution in [2.24, 2.45) is 5.16 Å². The van der Waals surface area contributed by atoms with E-state index in [1.165, 1.54) is 6.07 Å². The molecule has 0 spiro atoms. The molecule has 0 aliphatic carbocycles. The molecule has 10 nitrogen and oxygen atoms in total. The maximum absolute atomic E-state index is 12.7. The Morgan fingerprint density at radius 1 is 1.25 bits per heavy atom. The zero-order chi connectivity index (χ0) is 22.7. The summed E-state index contributed by atoms with van der Waals surface area (Å²) >= 11 is 0. The molecule has 1 N–H and O–H groups in total. The monoisotopic (exact) mass is 444 g/mol. The molecule has 2 atom stereocenters. The van der Waals surface area contributed by atoms with E-state index in [1.54, 1.807) is 11.8 Å². The number of aromatic nitrogens is 2. The molecule has 4 rings (SSSR count). The maximum atomic E-state index is 12.7. The highest BCUT2D eigenvalue weighted by atomic mass is 16.6. The molecule has 2 saturated heterocycles. The van der Waals surface area contributed by atoms with Gasteiger partial charge in [0.2, 0.25) is 5.71 Å². The van der Waals surface area contributed by atoms with E-state index in [2.05, 4.69) is 22.0 Å². The first-order valence-corrected chi connectivity index (χ1v) is 11.2. The fourth-order valence-electron chi connectivity index (χ4n) is 4.60. The van der Waals surface area contributed by atoms with E-state index >= 15 is 0 Å². The molecule has 1 amide bonds. The van der Waals surface area contributed by atoms with Gasteiger partial charge in [0.15, 0.2) is 0 Å². The second-order valence-electron chi connectivity index (χ2n) is 8.25. The fourth-order valence-corrected chi connectivity index (χ4v) is 4.60. The van der Waals surface area contributed by atoms with E-state index in [1.807, 2.05) is 0 Å². The summed E-state index contributed by atoms with van der Waals surface area (Å²) in [6.45, 7) is 4.22. The van der Waals surface area contributed by atoms with Crippen LogP contribution in [0.25, 0.3) is 11.1 Å². The lowest BCUT2D eigenvalue weighted by molar-refractivity contribution is 0.0856. The van der Waals surface area contributed by atoms with Gasteiger partial charge in [0, 0.05) is 31.0 Å². The number of aromatic amines is 1. The third-order valence-corrected chi connectivity index (χ3v) is 6.03. The number of hydrogen-bond donors (Lipinski definition) is 1. The fraction of sp³-hybridized carbons (Fsp3) is 0.591. The molecule has 10 heteroatoms. The maximum Gasteiger partial charge on any atom is 0.410 e. The summed E-state index contributed by atoms with van der Waals surface area (Å²) in [6.07, 6.45) is 6.14. The van der Waals surface area contributed by atoms with Gasteiger partial charge in [-0.2, -0.15) is 4.98 Å². The molecular weight excluding hydrogens is 416 g/mol. The lowest BCUT2D eigenvalue weighted by Gasteiger charge is -2.34. The largest absolute Gasteiger partial charge is 0.450 e. The minimum atomic E-state index is -0.553. The van der Waals surface area contributed by atoms with Crippen molar-refractivity contribution in [3.8, 4) is 6.01 Å². The molecule has 32 heavy (non-hydrogen) atoms. The number of fused-ring (bicyclic) bond motifs is 3. The zero-order valence-electron chi connectivity index (χ0n) is 18.4. The quantitative estimate of drug-likeness (QED) is 0.513. The number of oxime groups is 1. The summed E-state index contributed by atoms with van der Waals surface area (Å²) in [6, 6.07) is 1.27. The number of ether oxygens (including phenoxy) is 1. The highest BCUT2D eigenvalue weighted by Gasteiger charge is 2.43. The molecular formula is C22H28N4O6. The lowest BCUT2D eigenvalue weighted by Crippen LogP contribution is -2.47. The predicted molar refractivity (Wildman–Crippen MR) is 117 cm³/mol. The van der Waals surface area contributed by atoms with Crippen LogP contribution in [0.2, 0.25) is 0 Å². The third-order valence-electron chi connectivity index (χ3n) is 6.03. The summed E-state index contributed by atoms with van der Waals surface area (Å²) in [5.41, 5.74) is 0.370. The first kappa shape index (κ1) is 22.0. The molecule has 2 aliphatic rings. The van der Waals surface area contributed by atoms with Gasteiger partial charge < -0.3 is 18.9 Å². The van der Waals surface area contributed by atoms with Crippen LogP contribution in [0.15, 0.2) is 25.2 Å². The molecule has 2 aliphatic heterocycles. The number of rotatable bonds is 7. The van der Waals surface area contributed by atoms with Crippen LogP contribution in [0.5, 0.6) is 6.01 Å². The van der Waals surface area contributed by atoms with Gasteiger partial charge in [-0.1, -0.05) is 24.9 Å². The van der Waals surface area contributed by atoms with E-state index in [4.69, 9.17) is 14.0 Å². The van der Waals surface area contributed by atoms with Crippen LogP contribution in [-0.2, 0) is 11.2 Å². The number of carbonyl (C=O) groups is 1. The number of nitrogens with one attached hydrogen (secondary N) is 1. The number of aryl methyl sites for hydroxylation is 1. The first-order chi connectivity index (χ1) is 15.5. The van der Waals surface area contributed by atoms with Crippen LogP contribution in [0.3, 0.4) is 0 Å². The Hall–Kier alpha value is -3.17. The zero-order valence-corrected chi connectivity index (χ0v) is 18.4. The van der Waals surface area contributed by atoms with Gasteiger partial charge in [-0.05, 0) is 38.2 Å². The van der Waals surface area contributed by atoms with Crippen molar-refractivity contribution in [1.29, 1.82) is 0 Å². The number of carbonyl (C=O) groups excluding carboxylic acids is 1. The average molecular weight is 444 g/mol. The van der Waals surface area contributed by atoms with E-state index in [0.29, 0.717) is 31.4 Å². The van der Waals surface area contributed by atoms with Crippen LogP contribution in [0.4, 0.5) is 4.79 Å². The average Bonchev–Trinajstić information content (AvgIpc) is 3.02. The van der Waals surface area contributed by atoms with Crippen molar-refractivity contribution in [1.82, 2.24) is 14.9 Å². The summed E-state index contributed by atoms with van der Waals surface area (Å²) < 4.78 is 10.3. The number of H-pyrrole nitrogens is 1. The van der Waals surface area contributed by atoms with Crippen LogP contribution >= 0.6 is 0 Å². The van der Waals surface area contributed by atoms with Gasteiger partial charge in [0.05, 0.1) is 12.3 Å². The van der Waals surface area contributed by atoms with Crippen molar-refractivity contribution in [2.45, 2.75) is 77.3 Å². The second kappa shape index (κ2) is 9.54. The van der Waals surface area contributed by atoms with E-state index in [9.17, 15) is 14.4 Å². The second-order valence-corrected chi connectivity index (χ2v) is 8.25. The van der Waals surface area contributed by atoms with E-state index < -0.39 is 11.2 Å². The van der Waals surface area contributed by atoms with Crippen LogP contribution in [-0.4, -0.2) is 45.4 Å². The van der Waals surface area contributed by atoms with Crippen LogP contribution in [0, 0.1) is 0 Å². The van der Waals surface area contributed by atoms with Crippen molar-refractivity contribution in [3.63, 3.8) is 0 Å². The summed E-state index contributed by atoms with van der Waals surface area (Å²) in [5, 5.41) is 4.44. The Kier molecular flexibility index (Phi) is 6.57. The molecule has 4 heterocycles. The minimum absolute atomic E-state index is 0.0301. The first-order valence-electron chi connectivity index (χ1n) is 11.2. The topological polar surface area (TPSA) is 127 Å². The Morgan fingerprint density at radius 2 is 2.00 bits per heavy atom. The van der Waals surface area contributed by atoms with Crippen molar-refractivity contribution >= 4 is 22.9 Å². The van der Waals surface area contributed by atoms with E-state index in [-0.39, 0.29) is 35.3 Å². The van der Waals surface area contributed by atoms with Gasteiger partial charge in [-0.3, -0.25) is 9.78 Å². The van der Waals surface area contributed by atoms with Gasteiger partial charge in [0.25, 0.3) is 5.56 Å². The Bertz CT molecular complexity index is 1120. The van der Waals surface area contributed by atoms with Crippen LogP contribution < -0.4 is 16.0 Å². The number of unbranched alkanes of at least 4 members (excludes halogenated alkanes) is 2. The van der Waals surface area contributed by atoms with Crippen molar-refractivity contribution in [2.75, 3.05) is 6.61 Å². The molecule has 172 valence electrons. The summed E-state index contributed by atoms with van der Waals surface area (Å²) in [4.78, 5) is 50.7. The number of piperidine rings is 1. The molecule has 2 unspecified atom stereocenters. The molecule has 2 bridgehead atoms. The summed E-state index contributed by atoms with van der Waals surface area (Å²) in [7, 11) is 0. The summed E-state index contributed by atoms with van der Waals surface area (Å²) in [5.74, 6) is 0. The molecule has 2 fully saturated rings. The molecule has 2 aromatic heterocycles. The number of hydrogen-bond acceptors (Lipinski definition) is 8. The standard InChI is InChI=1S/C22H28N4O6/c1-3-5-6-7-13-10-17(27)31-20-18(13)19(28)23-21(24-20)32-25-14-11-15-8-9-16(12-14)26(15)22(29)30-4-2/h10,15-16H,3-9,11-12H2,1-2H3,(H,23,24,28). The SMILES string of the molecule is CCCCCc1cc(=O)oc2nc(ON=C3CC4CCC(C3)N4C(=O)OCC)[nH]c(=O)c12. The van der Waals surface area contributed by atoms with Crippen LogP contribution in [0.1, 0.15) is 64.4 Å². The highest BCUT2D eigenvalue weighted by molar-refractivity contribution is 5.88. The number of nitrogens with zero attached hydrogens (tertiary/aromatic N) is 3. The smallest absolute Gasteiger partial charge is 0.410 e.